The molecule has 0 saturated carbocycles. The van der Waals surface area contributed by atoms with Crippen LogP contribution in [0, 0.1) is 5.92 Å². The summed E-state index contributed by atoms with van der Waals surface area (Å²) in [5.74, 6) is -0.0635. The zero-order chi connectivity index (χ0) is 17.1. The summed E-state index contributed by atoms with van der Waals surface area (Å²) in [5.41, 5.74) is 0.177. The van der Waals surface area contributed by atoms with Crippen LogP contribution in [0.15, 0.2) is 29.1 Å². The maximum Gasteiger partial charge on any atom is 0.247 e. The van der Waals surface area contributed by atoms with Gasteiger partial charge in [0.2, 0.25) is 19.4 Å². The summed E-state index contributed by atoms with van der Waals surface area (Å²) in [6.07, 6.45) is 1.55. The Bertz CT molecular complexity index is 784. The molecule has 1 aromatic carbocycles. The molecule has 1 atom stereocenters. The predicted octanol–water partition coefficient (Wildman–Crippen LogP) is 3.20. The monoisotopic (exact) mass is 330 g/mol. The van der Waals surface area contributed by atoms with Gasteiger partial charge < -0.3 is 9.79 Å². The lowest BCUT2D eigenvalue weighted by atomic mass is 10.0. The molecule has 0 saturated heterocycles. The molecule has 1 amide bonds. The number of rotatable bonds is 5. The molecule has 0 bridgehead atoms. The van der Waals surface area contributed by atoms with Gasteiger partial charge in [0.25, 0.3) is 0 Å². The third kappa shape index (κ3) is 3.45. The van der Waals surface area contributed by atoms with E-state index in [1.54, 1.807) is 18.2 Å². The zero-order valence-corrected chi connectivity index (χ0v) is 14.4. The molecule has 1 N–H and O–H groups in total. The molecule has 4 nitrogen and oxygen atoms in total. The summed E-state index contributed by atoms with van der Waals surface area (Å²) in [4.78, 5) is 24.7. The Balaban J connectivity index is 2.42. The number of amides is 1. The number of carbonyl (C=O) groups excluding carboxylic acids is 1. The highest BCUT2D eigenvalue weighted by atomic mass is 35.5. The van der Waals surface area contributed by atoms with Crippen molar-refractivity contribution in [2.45, 2.75) is 39.7 Å². The van der Waals surface area contributed by atoms with Crippen LogP contribution in [0.2, 0.25) is 5.02 Å². The number of carbonyl (C=O) groups is 1. The van der Waals surface area contributed by atoms with Gasteiger partial charge in [0, 0.05) is 11.6 Å². The molecular formula is C17H20BClN2O2. The Kier molecular flexibility index (Phi) is 5.53. The standard InChI is InChI=1S/C17H20BClN2O2/c1-4-11(5-2)16(22)20-10(3)14-9-12-7-6-8-13(19)15(12)17(23)21(14)18/h6-11H,4-5H2,1-3H3,(H,20,22). The van der Waals surface area contributed by atoms with Crippen LogP contribution in [0.5, 0.6) is 0 Å². The lowest BCUT2D eigenvalue weighted by Gasteiger charge is -2.21. The molecule has 6 heteroatoms. The summed E-state index contributed by atoms with van der Waals surface area (Å²) in [6.45, 7) is 5.78. The smallest absolute Gasteiger partial charge is 0.247 e. The van der Waals surface area contributed by atoms with E-state index in [-0.39, 0.29) is 23.4 Å². The molecule has 0 aliphatic carbocycles. The van der Waals surface area contributed by atoms with Crippen LogP contribution in [0.1, 0.15) is 45.3 Å². The van der Waals surface area contributed by atoms with E-state index < -0.39 is 0 Å². The zero-order valence-electron chi connectivity index (χ0n) is 13.6. The quantitative estimate of drug-likeness (QED) is 0.856. The second kappa shape index (κ2) is 7.22. The highest BCUT2D eigenvalue weighted by Gasteiger charge is 2.19. The fraction of sp³-hybridized carbons (Fsp3) is 0.412. The van der Waals surface area contributed by atoms with Gasteiger partial charge in [0.1, 0.15) is 0 Å². The van der Waals surface area contributed by atoms with E-state index in [0.29, 0.717) is 21.5 Å². The predicted molar refractivity (Wildman–Crippen MR) is 95.0 cm³/mol. The van der Waals surface area contributed by atoms with Crippen molar-refractivity contribution in [3.63, 3.8) is 0 Å². The maximum atomic E-state index is 12.4. The first-order valence-corrected chi connectivity index (χ1v) is 8.18. The highest BCUT2D eigenvalue weighted by molar-refractivity contribution is 6.35. The molecule has 0 aliphatic heterocycles. The van der Waals surface area contributed by atoms with Crippen LogP contribution < -0.4 is 10.9 Å². The minimum atomic E-state index is -0.371. The second-order valence-electron chi connectivity index (χ2n) is 5.69. The van der Waals surface area contributed by atoms with Gasteiger partial charge in [-0.15, -0.1) is 0 Å². The van der Waals surface area contributed by atoms with Gasteiger partial charge in [-0.1, -0.05) is 37.6 Å². The number of fused-ring (bicyclic) bond motifs is 1. The maximum absolute atomic E-state index is 12.4. The molecule has 2 radical (unpaired) electrons. The Morgan fingerprint density at radius 3 is 2.61 bits per heavy atom. The lowest BCUT2D eigenvalue weighted by Crippen LogP contribution is -2.35. The van der Waals surface area contributed by atoms with Crippen molar-refractivity contribution in [1.82, 2.24) is 9.79 Å². The third-order valence-electron chi connectivity index (χ3n) is 4.22. The van der Waals surface area contributed by atoms with Crippen LogP contribution in [0.3, 0.4) is 0 Å². The van der Waals surface area contributed by atoms with E-state index in [9.17, 15) is 9.59 Å². The molecule has 2 rings (SSSR count). The average molecular weight is 331 g/mol. The lowest BCUT2D eigenvalue weighted by molar-refractivity contribution is -0.125. The molecule has 23 heavy (non-hydrogen) atoms. The van der Waals surface area contributed by atoms with Crippen molar-refractivity contribution in [2.24, 2.45) is 5.92 Å². The Morgan fingerprint density at radius 1 is 1.35 bits per heavy atom. The molecule has 2 aromatic rings. The fourth-order valence-electron chi connectivity index (χ4n) is 2.75. The number of halogens is 1. The highest BCUT2D eigenvalue weighted by Crippen LogP contribution is 2.23. The first-order chi connectivity index (χ1) is 10.9. The van der Waals surface area contributed by atoms with Gasteiger partial charge >= 0.3 is 0 Å². The molecule has 0 spiro atoms. The molecule has 0 aliphatic rings. The molecule has 1 aromatic heterocycles. The average Bonchev–Trinajstić information content (AvgIpc) is 2.51. The molecular weight excluding hydrogens is 310 g/mol. The van der Waals surface area contributed by atoms with Crippen LogP contribution in [0.4, 0.5) is 0 Å². The number of hydrogen-bond acceptors (Lipinski definition) is 2. The summed E-state index contributed by atoms with van der Waals surface area (Å²) in [7, 11) is 5.93. The largest absolute Gasteiger partial charge is 0.367 e. The SMILES string of the molecule is [B]n1c(C(C)NC(=O)C(CC)CC)cc2cccc(Cl)c2c1=O. The number of pyridine rings is 1. The van der Waals surface area contributed by atoms with E-state index in [4.69, 9.17) is 19.6 Å². The number of hydrogen-bond donors (Lipinski definition) is 1. The Hall–Kier alpha value is -1.75. The van der Waals surface area contributed by atoms with E-state index in [1.807, 2.05) is 26.8 Å². The van der Waals surface area contributed by atoms with Crippen LogP contribution in [-0.2, 0) is 4.79 Å². The van der Waals surface area contributed by atoms with Crippen molar-refractivity contribution < 1.29 is 4.79 Å². The van der Waals surface area contributed by atoms with E-state index in [0.717, 1.165) is 17.3 Å². The van der Waals surface area contributed by atoms with Gasteiger partial charge in [-0.3, -0.25) is 9.59 Å². The topological polar surface area (TPSA) is 51.1 Å². The molecule has 1 unspecified atom stereocenters. The van der Waals surface area contributed by atoms with Gasteiger partial charge in [-0.05, 0) is 37.3 Å². The first kappa shape index (κ1) is 17.6. The van der Waals surface area contributed by atoms with Crippen molar-refractivity contribution in [3.8, 4) is 0 Å². The van der Waals surface area contributed by atoms with Crippen LogP contribution >= 0.6 is 11.6 Å². The van der Waals surface area contributed by atoms with Crippen molar-refractivity contribution in [3.05, 3.63) is 45.3 Å². The van der Waals surface area contributed by atoms with Crippen molar-refractivity contribution in [1.29, 1.82) is 0 Å². The number of nitrogens with one attached hydrogen (secondary N) is 1. The van der Waals surface area contributed by atoms with Crippen LogP contribution in [0.25, 0.3) is 10.8 Å². The van der Waals surface area contributed by atoms with Crippen molar-refractivity contribution in [2.75, 3.05) is 0 Å². The van der Waals surface area contributed by atoms with E-state index in [1.165, 1.54) is 0 Å². The number of benzene rings is 1. The molecule has 120 valence electrons. The summed E-state index contributed by atoms with van der Waals surface area (Å²) in [6, 6.07) is 6.66. The van der Waals surface area contributed by atoms with Gasteiger partial charge in [0.15, 0.2) is 0 Å². The summed E-state index contributed by atoms with van der Waals surface area (Å²) in [5, 5.41) is 4.40. The third-order valence-corrected chi connectivity index (χ3v) is 4.53. The van der Waals surface area contributed by atoms with E-state index in [2.05, 4.69) is 5.32 Å². The minimum absolute atomic E-state index is 0.0267. The van der Waals surface area contributed by atoms with Gasteiger partial charge in [-0.2, -0.15) is 0 Å². The minimum Gasteiger partial charge on any atom is -0.367 e. The van der Waals surface area contributed by atoms with Crippen molar-refractivity contribution >= 4 is 36.3 Å². The number of aromatic nitrogens is 1. The first-order valence-electron chi connectivity index (χ1n) is 7.80. The Labute approximate surface area is 142 Å². The fourth-order valence-corrected chi connectivity index (χ4v) is 3.01. The summed E-state index contributed by atoms with van der Waals surface area (Å²) >= 11 is 6.09. The molecule has 0 fully saturated rings. The van der Waals surface area contributed by atoms with Crippen LogP contribution in [-0.4, -0.2) is 18.4 Å². The van der Waals surface area contributed by atoms with Gasteiger partial charge in [0.05, 0.1) is 16.5 Å². The Morgan fingerprint density at radius 2 is 2.00 bits per heavy atom. The molecule has 1 heterocycles. The summed E-state index contributed by atoms with van der Waals surface area (Å²) < 4.78 is 1.06. The second-order valence-corrected chi connectivity index (χ2v) is 6.10. The normalized spacial score (nSPS) is 12.6. The number of nitrogens with zero attached hydrogens (tertiary/aromatic N) is 1. The van der Waals surface area contributed by atoms with Gasteiger partial charge in [-0.25, -0.2) is 0 Å². The van der Waals surface area contributed by atoms with E-state index >= 15 is 0 Å².